The van der Waals surface area contributed by atoms with Gasteiger partial charge in [0.2, 0.25) is 0 Å². The van der Waals surface area contributed by atoms with Crippen LogP contribution in [0.15, 0.2) is 48.7 Å². The second-order valence-corrected chi connectivity index (χ2v) is 8.05. The van der Waals surface area contributed by atoms with E-state index in [2.05, 4.69) is 10.4 Å². The highest BCUT2D eigenvalue weighted by Crippen LogP contribution is 2.34. The molecule has 4 aromatic rings. The van der Waals surface area contributed by atoms with Gasteiger partial charge in [-0.3, -0.25) is 14.0 Å². The van der Waals surface area contributed by atoms with Gasteiger partial charge in [-0.25, -0.2) is 0 Å². The molecular weight excluding hydrogens is 425 g/mol. The Hall–Kier alpha value is -3.37. The third-order valence-electron chi connectivity index (χ3n) is 5.58. The van der Waals surface area contributed by atoms with Crippen LogP contribution in [-0.4, -0.2) is 50.7 Å². The van der Waals surface area contributed by atoms with E-state index in [0.717, 1.165) is 22.9 Å². The minimum Gasteiger partial charge on any atom is -0.383 e. The van der Waals surface area contributed by atoms with Gasteiger partial charge in [-0.1, -0.05) is 0 Å². The van der Waals surface area contributed by atoms with Crippen molar-refractivity contribution in [2.45, 2.75) is 11.8 Å². The van der Waals surface area contributed by atoms with Gasteiger partial charge >= 0.3 is 6.18 Å². The Morgan fingerprint density at radius 2 is 1.91 bits per heavy atom. The molecule has 2 N–H and O–H groups in total. The maximum Gasteiger partial charge on any atom is 0.416 e. The Morgan fingerprint density at radius 3 is 2.53 bits per heavy atom. The van der Waals surface area contributed by atoms with Crippen molar-refractivity contribution in [2.75, 3.05) is 19.8 Å². The number of fused-ring (bicyclic) bond motifs is 3. The average molecular weight is 444 g/mol. The number of benzene rings is 2. The van der Waals surface area contributed by atoms with Crippen LogP contribution in [0.3, 0.4) is 0 Å². The van der Waals surface area contributed by atoms with Gasteiger partial charge in [0.15, 0.2) is 5.65 Å². The van der Waals surface area contributed by atoms with Gasteiger partial charge in [-0.05, 0) is 42.5 Å². The molecule has 1 aliphatic rings. The van der Waals surface area contributed by atoms with Gasteiger partial charge in [0, 0.05) is 35.3 Å². The number of rotatable bonds is 4. The predicted molar refractivity (Wildman–Crippen MR) is 111 cm³/mol. The minimum atomic E-state index is -4.42. The summed E-state index contributed by atoms with van der Waals surface area (Å²) in [6.07, 6.45) is -2.62. The van der Waals surface area contributed by atoms with E-state index < -0.39 is 17.3 Å². The molecule has 0 spiro atoms. The molecule has 0 bridgehead atoms. The molecule has 32 heavy (non-hydrogen) atoms. The summed E-state index contributed by atoms with van der Waals surface area (Å²) in [5.41, 5.74) is 0.443. The second-order valence-electron chi connectivity index (χ2n) is 8.05. The zero-order valence-electron chi connectivity index (χ0n) is 17.0. The molecule has 7 nitrogen and oxygen atoms in total. The molecule has 0 unspecified atom stereocenters. The molecule has 3 heterocycles. The van der Waals surface area contributed by atoms with Crippen LogP contribution >= 0.6 is 0 Å². The molecule has 0 saturated carbocycles. The Bertz CT molecular complexity index is 1330. The third-order valence-corrected chi connectivity index (χ3v) is 5.58. The van der Waals surface area contributed by atoms with Crippen LogP contribution in [0, 0.1) is 0 Å². The maximum atomic E-state index is 13.0. The molecule has 10 heteroatoms. The van der Waals surface area contributed by atoms with Crippen molar-refractivity contribution >= 4 is 27.8 Å². The Balaban J connectivity index is 1.56. The van der Waals surface area contributed by atoms with Crippen molar-refractivity contribution in [2.24, 2.45) is 7.05 Å². The summed E-state index contributed by atoms with van der Waals surface area (Å²) >= 11 is 0. The van der Waals surface area contributed by atoms with E-state index in [1.807, 2.05) is 0 Å². The lowest BCUT2D eigenvalue weighted by molar-refractivity contribution is -0.173. The molecule has 0 radical (unpaired) electrons. The van der Waals surface area contributed by atoms with Crippen LogP contribution < -0.4 is 5.32 Å². The smallest absolute Gasteiger partial charge is 0.383 e. The number of hydrogen-bond acceptors (Lipinski definition) is 4. The van der Waals surface area contributed by atoms with Crippen LogP contribution in [0.1, 0.15) is 15.9 Å². The lowest BCUT2D eigenvalue weighted by atomic mass is 10.0. The number of aromatic nitrogens is 3. The molecule has 5 rings (SSSR count). The van der Waals surface area contributed by atoms with Gasteiger partial charge in [0.1, 0.15) is 5.60 Å². The number of carbonyl (C=O) groups excluding carboxylic acids is 1. The van der Waals surface area contributed by atoms with Gasteiger partial charge in [0.05, 0.1) is 30.8 Å². The number of aliphatic hydroxyl groups is 1. The normalized spacial score (nSPS) is 15.8. The maximum absolute atomic E-state index is 13.0. The summed E-state index contributed by atoms with van der Waals surface area (Å²) in [6.45, 7) is 0.440. The number of hydrogen-bond donors (Lipinski definition) is 2. The first kappa shape index (κ1) is 20.5. The number of aryl methyl sites for hydroxylation is 1. The summed E-state index contributed by atoms with van der Waals surface area (Å²) in [5.74, 6) is -0.341. The van der Waals surface area contributed by atoms with Crippen molar-refractivity contribution in [1.29, 1.82) is 0 Å². The topological polar surface area (TPSA) is 81.3 Å². The monoisotopic (exact) mass is 444 g/mol. The van der Waals surface area contributed by atoms with E-state index in [0.29, 0.717) is 22.4 Å². The van der Waals surface area contributed by atoms with Crippen LogP contribution in [0.4, 0.5) is 13.2 Å². The van der Waals surface area contributed by atoms with Crippen LogP contribution in [0.25, 0.3) is 27.6 Å². The number of carbonyl (C=O) groups is 1. The molecule has 1 amide bonds. The number of nitrogens with zero attached hydrogens (tertiary/aromatic N) is 3. The summed E-state index contributed by atoms with van der Waals surface area (Å²) in [5, 5.41) is 18.8. The van der Waals surface area contributed by atoms with E-state index in [9.17, 15) is 23.1 Å². The minimum absolute atomic E-state index is 0.0821. The van der Waals surface area contributed by atoms with E-state index in [1.165, 1.54) is 12.1 Å². The first-order chi connectivity index (χ1) is 15.1. The predicted octanol–water partition coefficient (Wildman–Crippen LogP) is 3.03. The van der Waals surface area contributed by atoms with Gasteiger partial charge in [-0.15, -0.1) is 0 Å². The number of halogens is 3. The largest absolute Gasteiger partial charge is 0.416 e. The Kier molecular flexibility index (Phi) is 4.54. The molecule has 0 aliphatic carbocycles. The molecule has 2 aromatic carbocycles. The fourth-order valence-electron chi connectivity index (χ4n) is 3.88. The molecule has 0 atom stereocenters. The molecule has 1 aliphatic heterocycles. The van der Waals surface area contributed by atoms with Crippen LogP contribution in [0.2, 0.25) is 0 Å². The highest BCUT2D eigenvalue weighted by atomic mass is 19.4. The molecule has 1 fully saturated rings. The van der Waals surface area contributed by atoms with E-state index in [-0.39, 0.29) is 25.7 Å². The lowest BCUT2D eigenvalue weighted by Crippen LogP contribution is -2.56. The summed E-state index contributed by atoms with van der Waals surface area (Å²) in [6, 6.07) is 9.97. The lowest BCUT2D eigenvalue weighted by Gasteiger charge is -2.36. The fraction of sp³-hybridized carbons (Fsp3) is 0.273. The van der Waals surface area contributed by atoms with Crippen molar-refractivity contribution in [1.82, 2.24) is 19.7 Å². The van der Waals surface area contributed by atoms with E-state index >= 15 is 0 Å². The quantitative estimate of drug-likeness (QED) is 0.507. The van der Waals surface area contributed by atoms with Gasteiger partial charge in [0.25, 0.3) is 5.91 Å². The summed E-state index contributed by atoms with van der Waals surface area (Å²) in [7, 11) is 1.75. The highest BCUT2D eigenvalue weighted by Gasteiger charge is 2.36. The molecular formula is C22H19F3N4O3. The number of ether oxygens (including phenoxy) is 1. The average Bonchev–Trinajstić information content (AvgIpc) is 3.24. The first-order valence-electron chi connectivity index (χ1n) is 9.88. The van der Waals surface area contributed by atoms with Crippen molar-refractivity contribution in [3.63, 3.8) is 0 Å². The number of nitrogens with one attached hydrogen (secondary N) is 1. The zero-order valence-corrected chi connectivity index (χ0v) is 17.0. The van der Waals surface area contributed by atoms with Gasteiger partial charge < -0.3 is 15.2 Å². The van der Waals surface area contributed by atoms with Crippen molar-refractivity contribution in [3.8, 4) is 5.69 Å². The summed E-state index contributed by atoms with van der Waals surface area (Å²) < 4.78 is 47.3. The molecule has 2 aromatic heterocycles. The van der Waals surface area contributed by atoms with Crippen LogP contribution in [0.5, 0.6) is 0 Å². The standard InChI is InChI=1S/C22H19F3N4O3/c1-28-9-17-16-8-13(20(30)26-10-21(31)11-32-12-21)2-7-18(16)29(19(17)27-28)15-5-3-14(4-6-15)22(23,24)25/h2-9,31H,10-12H2,1H3,(H,26,30). The van der Waals surface area contributed by atoms with Crippen LogP contribution in [-0.2, 0) is 18.0 Å². The number of amides is 1. The molecule has 1 saturated heterocycles. The first-order valence-corrected chi connectivity index (χ1v) is 9.88. The van der Waals surface area contributed by atoms with Crippen molar-refractivity contribution < 1.29 is 27.8 Å². The third kappa shape index (κ3) is 3.41. The second kappa shape index (κ2) is 7.07. The SMILES string of the molecule is Cn1cc2c3cc(C(=O)NCC4(O)COC4)ccc3n(-c3ccc(C(F)(F)F)cc3)c2n1. The molecule has 166 valence electrons. The zero-order chi connectivity index (χ0) is 22.7. The van der Waals surface area contributed by atoms with E-state index in [4.69, 9.17) is 4.74 Å². The fourth-order valence-corrected chi connectivity index (χ4v) is 3.88. The Morgan fingerprint density at radius 1 is 1.19 bits per heavy atom. The number of alkyl halides is 3. The Labute approximate surface area is 180 Å². The summed E-state index contributed by atoms with van der Waals surface area (Å²) in [4.78, 5) is 12.6. The van der Waals surface area contributed by atoms with Gasteiger partial charge in [-0.2, -0.15) is 18.3 Å². The highest BCUT2D eigenvalue weighted by molar-refractivity contribution is 6.10. The van der Waals surface area contributed by atoms with E-state index in [1.54, 1.807) is 40.7 Å². The van der Waals surface area contributed by atoms with Crippen molar-refractivity contribution in [3.05, 3.63) is 59.8 Å².